The van der Waals surface area contributed by atoms with Crippen LogP contribution in [0.5, 0.6) is 0 Å². The maximum Gasteiger partial charge on any atom is 0.310 e. The van der Waals surface area contributed by atoms with E-state index in [0.717, 1.165) is 28.1 Å². The molecule has 1 saturated heterocycles. The highest BCUT2D eigenvalue weighted by Crippen LogP contribution is 2.19. The van der Waals surface area contributed by atoms with Gasteiger partial charge in [0.1, 0.15) is 0 Å². The first-order chi connectivity index (χ1) is 15.3. The second-order valence-electron chi connectivity index (χ2n) is 8.12. The molecule has 8 nitrogen and oxygen atoms in total. The molecule has 2 amide bonds. The highest BCUT2D eigenvalue weighted by molar-refractivity contribution is 5.93. The lowest BCUT2D eigenvalue weighted by Gasteiger charge is -2.34. The molecule has 32 heavy (non-hydrogen) atoms. The third-order valence-corrected chi connectivity index (χ3v) is 5.52. The summed E-state index contributed by atoms with van der Waals surface area (Å²) < 4.78 is 5.14. The van der Waals surface area contributed by atoms with Crippen molar-refractivity contribution >= 4 is 23.5 Å². The number of rotatable bonds is 7. The van der Waals surface area contributed by atoms with Gasteiger partial charge >= 0.3 is 5.97 Å². The predicted octanol–water partition coefficient (Wildman–Crippen LogP) is 1.88. The van der Waals surface area contributed by atoms with Crippen molar-refractivity contribution in [1.82, 2.24) is 14.8 Å². The molecule has 0 atom stereocenters. The van der Waals surface area contributed by atoms with Crippen molar-refractivity contribution in [1.29, 1.82) is 0 Å². The molecule has 0 unspecified atom stereocenters. The Morgan fingerprint density at radius 2 is 1.69 bits per heavy atom. The number of anilines is 1. The van der Waals surface area contributed by atoms with Crippen molar-refractivity contribution in [2.75, 3.05) is 44.6 Å². The fraction of sp³-hybridized carbons (Fsp3) is 0.417. The van der Waals surface area contributed by atoms with Gasteiger partial charge in [-0.25, -0.2) is 0 Å². The molecule has 170 valence electrons. The van der Waals surface area contributed by atoms with Gasteiger partial charge in [0.2, 0.25) is 5.91 Å². The zero-order valence-corrected chi connectivity index (χ0v) is 18.9. The van der Waals surface area contributed by atoms with E-state index in [1.54, 1.807) is 11.1 Å². The van der Waals surface area contributed by atoms with Gasteiger partial charge in [0, 0.05) is 43.8 Å². The van der Waals surface area contributed by atoms with Gasteiger partial charge in [-0.3, -0.25) is 24.3 Å². The van der Waals surface area contributed by atoms with E-state index < -0.39 is 5.97 Å². The molecule has 8 heteroatoms. The number of para-hydroxylation sites is 1. The number of carbonyl (C=O) groups is 3. The maximum atomic E-state index is 12.5. The number of piperazine rings is 1. The summed E-state index contributed by atoms with van der Waals surface area (Å²) >= 11 is 0. The number of aryl methyl sites for hydroxylation is 3. The van der Waals surface area contributed by atoms with Gasteiger partial charge in [-0.1, -0.05) is 24.3 Å². The number of amides is 2. The average molecular weight is 439 g/mol. The summed E-state index contributed by atoms with van der Waals surface area (Å²) in [6.45, 7) is 7.99. The van der Waals surface area contributed by atoms with Crippen LogP contribution in [0.3, 0.4) is 0 Å². The largest absolute Gasteiger partial charge is 0.455 e. The highest BCUT2D eigenvalue weighted by Gasteiger charge is 2.23. The lowest BCUT2D eigenvalue weighted by molar-refractivity contribution is -0.152. The average Bonchev–Trinajstić information content (AvgIpc) is 2.77. The molecule has 1 fully saturated rings. The van der Waals surface area contributed by atoms with E-state index in [1.807, 2.05) is 56.0 Å². The summed E-state index contributed by atoms with van der Waals surface area (Å²) in [7, 11) is 0. The number of benzene rings is 1. The molecule has 3 rings (SSSR count). The Balaban J connectivity index is 1.38. The molecule has 0 spiro atoms. The first-order valence-electron chi connectivity index (χ1n) is 10.7. The van der Waals surface area contributed by atoms with Gasteiger partial charge < -0.3 is 15.0 Å². The van der Waals surface area contributed by atoms with E-state index >= 15 is 0 Å². The Labute approximate surface area is 188 Å². The van der Waals surface area contributed by atoms with E-state index in [4.69, 9.17) is 4.74 Å². The Hall–Kier alpha value is -3.26. The summed E-state index contributed by atoms with van der Waals surface area (Å²) in [5.74, 6) is -0.743. The van der Waals surface area contributed by atoms with Crippen molar-refractivity contribution in [2.45, 2.75) is 27.2 Å². The molecule has 1 aromatic carbocycles. The lowest BCUT2D eigenvalue weighted by Crippen LogP contribution is -2.51. The number of ether oxygens (including phenoxy) is 1. The minimum absolute atomic E-state index is 0.0679. The minimum Gasteiger partial charge on any atom is -0.455 e. The summed E-state index contributed by atoms with van der Waals surface area (Å²) in [6.07, 6.45) is 1.72. The quantitative estimate of drug-likeness (QED) is 0.664. The summed E-state index contributed by atoms with van der Waals surface area (Å²) in [4.78, 5) is 44.6. The molecule has 0 radical (unpaired) electrons. The van der Waals surface area contributed by atoms with E-state index in [1.165, 1.54) is 0 Å². The van der Waals surface area contributed by atoms with Crippen LogP contribution in [0, 0.1) is 20.8 Å². The Morgan fingerprint density at radius 1 is 1.00 bits per heavy atom. The molecule has 1 aliphatic heterocycles. The van der Waals surface area contributed by atoms with Crippen molar-refractivity contribution in [2.24, 2.45) is 0 Å². The van der Waals surface area contributed by atoms with Crippen LogP contribution in [0.1, 0.15) is 22.4 Å². The third kappa shape index (κ3) is 6.62. The summed E-state index contributed by atoms with van der Waals surface area (Å²) in [6, 6.07) is 9.55. The fourth-order valence-electron chi connectivity index (χ4n) is 3.60. The Bertz CT molecular complexity index is 946. The van der Waals surface area contributed by atoms with E-state index in [-0.39, 0.29) is 31.4 Å². The van der Waals surface area contributed by atoms with Gasteiger partial charge in [-0.15, -0.1) is 0 Å². The number of hydrogen-bond donors (Lipinski definition) is 1. The van der Waals surface area contributed by atoms with Crippen LogP contribution in [0.4, 0.5) is 5.69 Å². The molecule has 2 heterocycles. The van der Waals surface area contributed by atoms with Crippen LogP contribution >= 0.6 is 0 Å². The molecule has 1 N–H and O–H groups in total. The molecule has 2 aromatic rings. The number of carbonyl (C=O) groups excluding carboxylic acids is 3. The minimum atomic E-state index is -0.453. The molecule has 0 aliphatic carbocycles. The Morgan fingerprint density at radius 3 is 2.31 bits per heavy atom. The molecule has 1 aromatic heterocycles. The van der Waals surface area contributed by atoms with Gasteiger partial charge in [-0.2, -0.15) is 0 Å². The zero-order valence-electron chi connectivity index (χ0n) is 18.9. The molecular formula is C24H30N4O4. The van der Waals surface area contributed by atoms with Gasteiger partial charge in [0.05, 0.1) is 13.0 Å². The monoisotopic (exact) mass is 438 g/mol. The van der Waals surface area contributed by atoms with Crippen molar-refractivity contribution in [3.63, 3.8) is 0 Å². The molecule has 1 aliphatic rings. The summed E-state index contributed by atoms with van der Waals surface area (Å²) in [5, 5.41) is 2.99. The number of aromatic nitrogens is 1. The van der Waals surface area contributed by atoms with E-state index in [2.05, 4.69) is 10.3 Å². The van der Waals surface area contributed by atoms with Crippen LogP contribution in [0.25, 0.3) is 0 Å². The van der Waals surface area contributed by atoms with Crippen LogP contribution in [-0.4, -0.2) is 71.9 Å². The van der Waals surface area contributed by atoms with Gasteiger partial charge in [0.25, 0.3) is 5.91 Å². The molecule has 0 saturated carbocycles. The standard InChI is InChI=1S/C24H30N4O4/c1-17-5-4-6-18(2)24(17)26-21(29)15-27-9-11-28(12-10-27)22(30)16-32-23(31)13-20-8-7-19(3)25-14-20/h4-8,14H,9-13,15-16H2,1-3H3,(H,26,29). The lowest BCUT2D eigenvalue weighted by atomic mass is 10.1. The zero-order chi connectivity index (χ0) is 23.1. The number of nitrogens with zero attached hydrogens (tertiary/aromatic N) is 3. The fourth-order valence-corrected chi connectivity index (χ4v) is 3.60. The number of nitrogens with one attached hydrogen (secondary N) is 1. The van der Waals surface area contributed by atoms with Crippen LogP contribution in [-0.2, 0) is 25.5 Å². The first-order valence-corrected chi connectivity index (χ1v) is 10.7. The third-order valence-electron chi connectivity index (χ3n) is 5.52. The predicted molar refractivity (Wildman–Crippen MR) is 121 cm³/mol. The topological polar surface area (TPSA) is 91.8 Å². The van der Waals surface area contributed by atoms with Crippen LogP contribution in [0.2, 0.25) is 0 Å². The molecular weight excluding hydrogens is 408 g/mol. The first kappa shape index (κ1) is 23.4. The van der Waals surface area contributed by atoms with Gasteiger partial charge in [-0.05, 0) is 43.5 Å². The normalized spacial score (nSPS) is 14.2. The van der Waals surface area contributed by atoms with Crippen LogP contribution in [0.15, 0.2) is 36.5 Å². The van der Waals surface area contributed by atoms with Gasteiger partial charge in [0.15, 0.2) is 6.61 Å². The smallest absolute Gasteiger partial charge is 0.310 e. The second kappa shape index (κ2) is 10.9. The summed E-state index contributed by atoms with van der Waals surface area (Å²) in [5.41, 5.74) is 4.54. The highest BCUT2D eigenvalue weighted by atomic mass is 16.5. The Kier molecular flexibility index (Phi) is 7.94. The second-order valence-corrected chi connectivity index (χ2v) is 8.12. The SMILES string of the molecule is Cc1ccc(CC(=O)OCC(=O)N2CCN(CC(=O)Nc3c(C)cccc3C)CC2)cn1. The number of hydrogen-bond acceptors (Lipinski definition) is 6. The number of esters is 1. The van der Waals surface area contributed by atoms with Crippen molar-refractivity contribution in [3.05, 3.63) is 58.9 Å². The van der Waals surface area contributed by atoms with Crippen LogP contribution < -0.4 is 5.32 Å². The van der Waals surface area contributed by atoms with Crippen molar-refractivity contribution < 1.29 is 19.1 Å². The maximum absolute atomic E-state index is 12.5. The van der Waals surface area contributed by atoms with E-state index in [0.29, 0.717) is 26.2 Å². The van der Waals surface area contributed by atoms with E-state index in [9.17, 15) is 14.4 Å². The van der Waals surface area contributed by atoms with Crippen molar-refractivity contribution in [3.8, 4) is 0 Å². The number of pyridine rings is 1. The molecule has 0 bridgehead atoms.